The number of methoxy groups -OCH3 is 2. The van der Waals surface area contributed by atoms with Crippen LogP contribution in [0.15, 0.2) is 17.0 Å². The first-order valence-electron chi connectivity index (χ1n) is 4.41. The number of nitrogen functional groups attached to an aromatic ring is 1. The summed E-state index contributed by atoms with van der Waals surface area (Å²) in [6.07, 6.45) is 0. The molecule has 0 bridgehead atoms. The summed E-state index contributed by atoms with van der Waals surface area (Å²) in [7, 11) is 2.67. The molecule has 6 heteroatoms. The zero-order chi connectivity index (χ0) is 12.1. The van der Waals surface area contributed by atoms with Gasteiger partial charge in [-0.25, -0.2) is 4.39 Å². The lowest BCUT2D eigenvalue weighted by atomic mass is 10.3. The largest absolute Gasteiger partial charge is 0.494 e. The predicted octanol–water partition coefficient (Wildman–Crippen LogP) is 1.68. The number of anilines is 1. The summed E-state index contributed by atoms with van der Waals surface area (Å²) in [5, 5.41) is 0. The summed E-state index contributed by atoms with van der Waals surface area (Å²) in [6.45, 7) is 0. The van der Waals surface area contributed by atoms with Crippen molar-refractivity contribution < 1.29 is 18.7 Å². The van der Waals surface area contributed by atoms with Gasteiger partial charge in [0.2, 0.25) is 0 Å². The van der Waals surface area contributed by atoms with Crippen LogP contribution in [0.25, 0.3) is 0 Å². The van der Waals surface area contributed by atoms with Crippen LogP contribution in [-0.2, 0) is 9.53 Å². The molecule has 1 aromatic carbocycles. The molecule has 0 fully saturated rings. The van der Waals surface area contributed by atoms with Crippen LogP contribution in [0.1, 0.15) is 0 Å². The van der Waals surface area contributed by atoms with Crippen molar-refractivity contribution >= 4 is 23.4 Å². The van der Waals surface area contributed by atoms with Crippen LogP contribution in [0.5, 0.6) is 5.75 Å². The maximum atomic E-state index is 13.2. The van der Waals surface area contributed by atoms with Gasteiger partial charge in [0.15, 0.2) is 11.6 Å². The average Bonchev–Trinajstić information content (AvgIpc) is 2.27. The Hall–Kier alpha value is -1.43. The van der Waals surface area contributed by atoms with Gasteiger partial charge in [-0.15, -0.1) is 11.8 Å². The van der Waals surface area contributed by atoms with Gasteiger partial charge in [-0.05, 0) is 6.07 Å². The number of benzene rings is 1. The van der Waals surface area contributed by atoms with Gasteiger partial charge < -0.3 is 15.2 Å². The molecule has 0 saturated heterocycles. The van der Waals surface area contributed by atoms with Crippen molar-refractivity contribution in [3.8, 4) is 5.75 Å². The number of hydrogen-bond donors (Lipinski definition) is 1. The van der Waals surface area contributed by atoms with Gasteiger partial charge in [0.25, 0.3) is 0 Å². The van der Waals surface area contributed by atoms with Crippen LogP contribution in [-0.4, -0.2) is 25.9 Å². The molecule has 0 unspecified atom stereocenters. The molecule has 2 N–H and O–H groups in total. The second-order valence-corrected chi connectivity index (χ2v) is 3.91. The lowest BCUT2D eigenvalue weighted by Crippen LogP contribution is -2.03. The molecule has 0 amide bonds. The van der Waals surface area contributed by atoms with Crippen molar-refractivity contribution in [3.05, 3.63) is 17.9 Å². The van der Waals surface area contributed by atoms with Crippen LogP contribution in [0.4, 0.5) is 10.1 Å². The summed E-state index contributed by atoms with van der Waals surface area (Å²) in [4.78, 5) is 11.5. The van der Waals surface area contributed by atoms with E-state index in [-0.39, 0.29) is 23.2 Å². The maximum absolute atomic E-state index is 13.2. The molecule has 1 aromatic rings. The first kappa shape index (κ1) is 12.6. The summed E-state index contributed by atoms with van der Waals surface area (Å²) < 4.78 is 22.5. The van der Waals surface area contributed by atoms with Gasteiger partial charge in [0.05, 0.1) is 20.0 Å². The highest BCUT2D eigenvalue weighted by atomic mass is 32.2. The van der Waals surface area contributed by atoms with Crippen LogP contribution >= 0.6 is 11.8 Å². The monoisotopic (exact) mass is 245 g/mol. The zero-order valence-electron chi connectivity index (χ0n) is 8.95. The lowest BCUT2D eigenvalue weighted by Gasteiger charge is -2.08. The quantitative estimate of drug-likeness (QED) is 0.497. The zero-order valence-corrected chi connectivity index (χ0v) is 9.77. The standard InChI is InChI=1S/C10H12FNO3S/c1-14-8-4-9(7(12)3-6(8)11)16-5-10(13)15-2/h3-4H,5,12H2,1-2H3. The van der Waals surface area contributed by atoms with Crippen molar-refractivity contribution in [2.75, 3.05) is 25.7 Å². The molecule has 0 aliphatic carbocycles. The molecule has 0 spiro atoms. The molecule has 0 saturated carbocycles. The molecule has 0 radical (unpaired) electrons. The van der Waals surface area contributed by atoms with Gasteiger partial charge in [-0.1, -0.05) is 0 Å². The van der Waals surface area contributed by atoms with Crippen molar-refractivity contribution in [2.45, 2.75) is 4.90 Å². The van der Waals surface area contributed by atoms with E-state index in [0.29, 0.717) is 4.90 Å². The number of thioether (sulfide) groups is 1. The molecule has 1 rings (SSSR count). The summed E-state index contributed by atoms with van der Waals surface area (Å²) in [6, 6.07) is 2.62. The van der Waals surface area contributed by atoms with Gasteiger partial charge >= 0.3 is 5.97 Å². The first-order valence-corrected chi connectivity index (χ1v) is 5.39. The highest BCUT2D eigenvalue weighted by Crippen LogP contribution is 2.31. The fourth-order valence-electron chi connectivity index (χ4n) is 1.03. The number of halogens is 1. The SMILES string of the molecule is COC(=O)CSc1cc(OC)c(F)cc1N. The Morgan fingerprint density at radius 2 is 2.19 bits per heavy atom. The predicted molar refractivity (Wildman–Crippen MR) is 60.1 cm³/mol. The van der Waals surface area contributed by atoms with E-state index >= 15 is 0 Å². The molecule has 0 heterocycles. The normalized spacial score (nSPS) is 9.94. The fraction of sp³-hybridized carbons (Fsp3) is 0.300. The second-order valence-electron chi connectivity index (χ2n) is 2.89. The second kappa shape index (κ2) is 5.60. The molecule has 4 nitrogen and oxygen atoms in total. The molecule has 0 atom stereocenters. The topological polar surface area (TPSA) is 61.5 Å². The van der Waals surface area contributed by atoms with Crippen molar-refractivity contribution in [1.29, 1.82) is 0 Å². The van der Waals surface area contributed by atoms with E-state index in [0.717, 1.165) is 0 Å². The van der Waals surface area contributed by atoms with E-state index in [2.05, 4.69) is 4.74 Å². The fourth-order valence-corrected chi connectivity index (χ4v) is 1.83. The Kier molecular flexibility index (Phi) is 4.42. The highest BCUT2D eigenvalue weighted by Gasteiger charge is 2.10. The average molecular weight is 245 g/mol. The van der Waals surface area contributed by atoms with E-state index in [4.69, 9.17) is 10.5 Å². The minimum Gasteiger partial charge on any atom is -0.494 e. The lowest BCUT2D eigenvalue weighted by molar-refractivity contribution is -0.137. The number of ether oxygens (including phenoxy) is 2. The van der Waals surface area contributed by atoms with E-state index in [1.165, 1.54) is 38.1 Å². The van der Waals surface area contributed by atoms with Crippen LogP contribution < -0.4 is 10.5 Å². The third-order valence-corrected chi connectivity index (χ3v) is 2.90. The smallest absolute Gasteiger partial charge is 0.315 e. The Balaban J connectivity index is 2.83. The molecule has 0 aromatic heterocycles. The van der Waals surface area contributed by atoms with E-state index in [1.54, 1.807) is 0 Å². The van der Waals surface area contributed by atoms with Crippen LogP contribution in [0.2, 0.25) is 0 Å². The minimum absolute atomic E-state index is 0.0987. The number of nitrogens with two attached hydrogens (primary N) is 1. The summed E-state index contributed by atoms with van der Waals surface area (Å²) in [5.74, 6) is -0.674. The maximum Gasteiger partial charge on any atom is 0.315 e. The van der Waals surface area contributed by atoms with Crippen LogP contribution in [0.3, 0.4) is 0 Å². The van der Waals surface area contributed by atoms with E-state index in [9.17, 15) is 9.18 Å². The third-order valence-electron chi connectivity index (χ3n) is 1.86. The van der Waals surface area contributed by atoms with Gasteiger partial charge in [-0.3, -0.25) is 4.79 Å². The Morgan fingerprint density at radius 3 is 2.75 bits per heavy atom. The van der Waals surface area contributed by atoms with Crippen molar-refractivity contribution in [3.63, 3.8) is 0 Å². The molecule has 0 aliphatic heterocycles. The molecular formula is C10H12FNO3S. The third kappa shape index (κ3) is 3.03. The summed E-state index contributed by atoms with van der Waals surface area (Å²) in [5.41, 5.74) is 5.87. The molecule has 16 heavy (non-hydrogen) atoms. The van der Waals surface area contributed by atoms with Gasteiger partial charge in [-0.2, -0.15) is 0 Å². The number of esters is 1. The summed E-state index contributed by atoms with van der Waals surface area (Å²) >= 11 is 1.17. The number of carbonyl (C=O) groups is 1. The Labute approximate surface area is 96.9 Å². The molecule has 88 valence electrons. The number of hydrogen-bond acceptors (Lipinski definition) is 5. The minimum atomic E-state index is -0.526. The van der Waals surface area contributed by atoms with Gasteiger partial charge in [0, 0.05) is 16.6 Å². The number of rotatable bonds is 4. The highest BCUT2D eigenvalue weighted by molar-refractivity contribution is 8.00. The van der Waals surface area contributed by atoms with Crippen molar-refractivity contribution in [1.82, 2.24) is 0 Å². The van der Waals surface area contributed by atoms with E-state index in [1.807, 2.05) is 0 Å². The first-order chi connectivity index (χ1) is 7.58. The van der Waals surface area contributed by atoms with Gasteiger partial charge in [0.1, 0.15) is 0 Å². The van der Waals surface area contributed by atoms with Crippen molar-refractivity contribution in [2.24, 2.45) is 0 Å². The Morgan fingerprint density at radius 1 is 1.50 bits per heavy atom. The molecular weight excluding hydrogens is 233 g/mol. The number of carbonyl (C=O) groups excluding carboxylic acids is 1. The molecule has 0 aliphatic rings. The Bertz CT molecular complexity index is 398. The van der Waals surface area contributed by atoms with E-state index < -0.39 is 5.82 Å². The van der Waals surface area contributed by atoms with Crippen LogP contribution in [0, 0.1) is 5.82 Å².